The number of aliphatic hydroxyl groups is 1. The van der Waals surface area contributed by atoms with Crippen LogP contribution in [0.15, 0.2) is 12.1 Å². The van der Waals surface area contributed by atoms with Gasteiger partial charge >= 0.3 is 5.97 Å². The first kappa shape index (κ1) is 16.4. The predicted octanol–water partition coefficient (Wildman–Crippen LogP) is 2.87. The quantitative estimate of drug-likeness (QED) is 0.687. The zero-order chi connectivity index (χ0) is 15.1. The molecule has 1 aromatic rings. The fourth-order valence-corrected chi connectivity index (χ4v) is 2.04. The number of rotatable bonds is 8. The summed E-state index contributed by atoms with van der Waals surface area (Å²) in [7, 11) is 0. The number of benzene rings is 1. The van der Waals surface area contributed by atoms with Gasteiger partial charge in [-0.25, -0.2) is 13.6 Å². The molecular weight excluding hydrogens is 268 g/mol. The first-order valence-corrected chi connectivity index (χ1v) is 6.57. The van der Waals surface area contributed by atoms with Crippen molar-refractivity contribution in [1.82, 2.24) is 0 Å². The van der Waals surface area contributed by atoms with Gasteiger partial charge in [-0.2, -0.15) is 0 Å². The summed E-state index contributed by atoms with van der Waals surface area (Å²) < 4.78 is 27.2. The van der Waals surface area contributed by atoms with Gasteiger partial charge in [0.2, 0.25) is 0 Å². The molecular formula is C14H19F2NO3. The summed E-state index contributed by atoms with van der Waals surface area (Å²) >= 11 is 0. The van der Waals surface area contributed by atoms with Crippen molar-refractivity contribution >= 4 is 11.7 Å². The molecule has 0 aromatic heterocycles. The summed E-state index contributed by atoms with van der Waals surface area (Å²) in [6.07, 6.45) is 2.38. The van der Waals surface area contributed by atoms with E-state index in [0.29, 0.717) is 13.0 Å². The van der Waals surface area contributed by atoms with E-state index in [9.17, 15) is 13.6 Å². The molecule has 4 nitrogen and oxygen atoms in total. The molecule has 1 aromatic carbocycles. The molecule has 0 aliphatic heterocycles. The molecule has 20 heavy (non-hydrogen) atoms. The van der Waals surface area contributed by atoms with Gasteiger partial charge in [-0.3, -0.25) is 0 Å². The molecule has 0 saturated heterocycles. The Morgan fingerprint density at radius 3 is 2.55 bits per heavy atom. The SMILES string of the molecule is CCCC(CCO)CNc1ccc(C(=O)O)c(F)c1F. The van der Waals surface area contributed by atoms with E-state index in [-0.39, 0.29) is 18.2 Å². The van der Waals surface area contributed by atoms with Crippen molar-refractivity contribution in [3.63, 3.8) is 0 Å². The number of carbonyl (C=O) groups is 1. The van der Waals surface area contributed by atoms with E-state index in [1.54, 1.807) is 0 Å². The van der Waals surface area contributed by atoms with E-state index in [0.717, 1.165) is 18.9 Å². The first-order chi connectivity index (χ1) is 9.51. The van der Waals surface area contributed by atoms with Crippen LogP contribution >= 0.6 is 0 Å². The topological polar surface area (TPSA) is 69.6 Å². The molecule has 1 rings (SSSR count). The number of carboxylic acid groups (broad SMARTS) is 1. The fourth-order valence-electron chi connectivity index (χ4n) is 2.04. The Morgan fingerprint density at radius 2 is 2.00 bits per heavy atom. The maximum Gasteiger partial charge on any atom is 0.338 e. The Balaban J connectivity index is 2.78. The molecule has 0 aliphatic carbocycles. The van der Waals surface area contributed by atoms with Crippen LogP contribution in [0.2, 0.25) is 0 Å². The third-order valence-corrected chi connectivity index (χ3v) is 3.13. The van der Waals surface area contributed by atoms with E-state index in [2.05, 4.69) is 5.32 Å². The van der Waals surface area contributed by atoms with Gasteiger partial charge in [0.1, 0.15) is 0 Å². The van der Waals surface area contributed by atoms with Crippen molar-refractivity contribution in [3.05, 3.63) is 29.3 Å². The van der Waals surface area contributed by atoms with Crippen LogP contribution in [0.5, 0.6) is 0 Å². The van der Waals surface area contributed by atoms with E-state index in [1.807, 2.05) is 6.92 Å². The van der Waals surface area contributed by atoms with Gasteiger partial charge in [0.15, 0.2) is 11.6 Å². The molecule has 112 valence electrons. The maximum absolute atomic E-state index is 13.7. The second-order valence-corrected chi connectivity index (χ2v) is 4.64. The van der Waals surface area contributed by atoms with Gasteiger partial charge in [-0.15, -0.1) is 0 Å². The number of anilines is 1. The Bertz CT molecular complexity index is 460. The minimum atomic E-state index is -1.50. The van der Waals surface area contributed by atoms with Crippen molar-refractivity contribution < 1.29 is 23.8 Å². The zero-order valence-electron chi connectivity index (χ0n) is 11.3. The van der Waals surface area contributed by atoms with Crippen LogP contribution in [0.3, 0.4) is 0 Å². The number of aromatic carboxylic acids is 1. The minimum Gasteiger partial charge on any atom is -0.478 e. The normalized spacial score (nSPS) is 12.2. The third-order valence-electron chi connectivity index (χ3n) is 3.13. The average molecular weight is 287 g/mol. The van der Waals surface area contributed by atoms with Crippen molar-refractivity contribution in [2.75, 3.05) is 18.5 Å². The van der Waals surface area contributed by atoms with E-state index in [4.69, 9.17) is 10.2 Å². The van der Waals surface area contributed by atoms with Crippen LogP contribution in [0.1, 0.15) is 36.5 Å². The molecule has 0 amide bonds. The van der Waals surface area contributed by atoms with Gasteiger partial charge in [0.25, 0.3) is 0 Å². The highest BCUT2D eigenvalue weighted by Crippen LogP contribution is 2.22. The number of carboxylic acids is 1. The lowest BCUT2D eigenvalue weighted by Gasteiger charge is -2.17. The lowest BCUT2D eigenvalue weighted by molar-refractivity contribution is 0.0690. The highest BCUT2D eigenvalue weighted by Gasteiger charge is 2.18. The van der Waals surface area contributed by atoms with E-state index < -0.39 is 23.2 Å². The molecule has 0 aliphatic rings. The van der Waals surface area contributed by atoms with E-state index >= 15 is 0 Å². The highest BCUT2D eigenvalue weighted by molar-refractivity contribution is 5.88. The largest absolute Gasteiger partial charge is 0.478 e. The molecule has 1 unspecified atom stereocenters. The second kappa shape index (κ2) is 7.79. The Kier molecular flexibility index (Phi) is 6.38. The average Bonchev–Trinajstić information content (AvgIpc) is 2.40. The van der Waals surface area contributed by atoms with Crippen molar-refractivity contribution in [2.24, 2.45) is 5.92 Å². The standard InChI is InChI=1S/C14H19F2NO3/c1-2-3-9(6-7-18)8-17-11-5-4-10(14(19)20)12(15)13(11)16/h4-5,9,17-18H,2-3,6-8H2,1H3,(H,19,20). The van der Waals surface area contributed by atoms with Gasteiger partial charge < -0.3 is 15.5 Å². The van der Waals surface area contributed by atoms with Crippen LogP contribution < -0.4 is 5.32 Å². The Labute approximate surface area is 116 Å². The van der Waals surface area contributed by atoms with Crippen LogP contribution in [0.25, 0.3) is 0 Å². The lowest BCUT2D eigenvalue weighted by atomic mass is 10.00. The molecule has 3 N–H and O–H groups in total. The molecule has 0 saturated carbocycles. The fraction of sp³-hybridized carbons (Fsp3) is 0.500. The smallest absolute Gasteiger partial charge is 0.338 e. The molecule has 0 bridgehead atoms. The number of nitrogens with one attached hydrogen (secondary N) is 1. The Morgan fingerprint density at radius 1 is 1.30 bits per heavy atom. The molecule has 1 atom stereocenters. The van der Waals surface area contributed by atoms with Crippen LogP contribution in [-0.2, 0) is 0 Å². The summed E-state index contributed by atoms with van der Waals surface area (Å²) in [5.41, 5.74) is -0.750. The molecule has 0 spiro atoms. The van der Waals surface area contributed by atoms with Crippen LogP contribution in [0.4, 0.5) is 14.5 Å². The minimum absolute atomic E-state index is 0.0428. The van der Waals surface area contributed by atoms with E-state index in [1.165, 1.54) is 6.07 Å². The van der Waals surface area contributed by atoms with Crippen molar-refractivity contribution in [2.45, 2.75) is 26.2 Å². The summed E-state index contributed by atoms with van der Waals surface area (Å²) in [6, 6.07) is 2.24. The lowest BCUT2D eigenvalue weighted by Crippen LogP contribution is -2.17. The zero-order valence-corrected chi connectivity index (χ0v) is 11.3. The van der Waals surface area contributed by atoms with Gasteiger partial charge in [0.05, 0.1) is 11.3 Å². The van der Waals surface area contributed by atoms with Gasteiger partial charge in [0, 0.05) is 13.2 Å². The maximum atomic E-state index is 13.7. The molecule has 6 heteroatoms. The molecule has 0 fully saturated rings. The predicted molar refractivity (Wildman–Crippen MR) is 71.9 cm³/mol. The summed E-state index contributed by atoms with van der Waals surface area (Å²) in [4.78, 5) is 10.7. The number of aliphatic hydroxyl groups excluding tert-OH is 1. The van der Waals surface area contributed by atoms with Crippen LogP contribution in [0, 0.1) is 17.6 Å². The first-order valence-electron chi connectivity index (χ1n) is 6.57. The van der Waals surface area contributed by atoms with Crippen LogP contribution in [-0.4, -0.2) is 29.3 Å². The summed E-state index contributed by atoms with van der Waals surface area (Å²) in [5.74, 6) is -3.90. The summed E-state index contributed by atoms with van der Waals surface area (Å²) in [5, 5.41) is 20.4. The number of hydrogen-bond acceptors (Lipinski definition) is 3. The number of hydrogen-bond donors (Lipinski definition) is 3. The highest BCUT2D eigenvalue weighted by atomic mass is 19.2. The second-order valence-electron chi connectivity index (χ2n) is 4.64. The monoisotopic (exact) mass is 287 g/mol. The van der Waals surface area contributed by atoms with Gasteiger partial charge in [-0.1, -0.05) is 13.3 Å². The summed E-state index contributed by atoms with van der Waals surface area (Å²) in [6.45, 7) is 2.45. The third kappa shape index (κ3) is 4.16. The van der Waals surface area contributed by atoms with Crippen molar-refractivity contribution in [3.8, 4) is 0 Å². The van der Waals surface area contributed by atoms with Gasteiger partial charge in [-0.05, 0) is 30.9 Å². The molecule has 0 heterocycles. The number of halogens is 2. The Hall–Kier alpha value is -1.69. The van der Waals surface area contributed by atoms with Crippen molar-refractivity contribution in [1.29, 1.82) is 0 Å². The molecule has 0 radical (unpaired) electrons.